The topological polar surface area (TPSA) is 46.6 Å². The van der Waals surface area contributed by atoms with Crippen LogP contribution in [-0.2, 0) is 16.1 Å². The average Bonchev–Trinajstić information content (AvgIpc) is 2.70. The average molecular weight is 289 g/mol. The Balaban J connectivity index is 2.00. The number of carbonyl (C=O) groups excluding carboxylic acids is 2. The number of carbonyl (C=O) groups is 2. The van der Waals surface area contributed by atoms with Gasteiger partial charge in [-0.3, -0.25) is 4.79 Å². The Morgan fingerprint density at radius 1 is 1.29 bits per heavy atom. The summed E-state index contributed by atoms with van der Waals surface area (Å²) < 4.78 is 4.68. The molecular weight excluding hydrogens is 266 g/mol. The summed E-state index contributed by atoms with van der Waals surface area (Å²) in [6, 6.07) is 7.28. The maximum absolute atomic E-state index is 12.2. The second kappa shape index (κ2) is 7.25. The lowest BCUT2D eigenvalue weighted by atomic mass is 9.98. The first-order valence-corrected chi connectivity index (χ1v) is 7.59. The molecule has 0 spiro atoms. The van der Waals surface area contributed by atoms with E-state index in [0.717, 1.165) is 31.4 Å². The number of methoxy groups -OCH3 is 1. The Bertz CT molecular complexity index is 495. The summed E-state index contributed by atoms with van der Waals surface area (Å²) >= 11 is 0. The standard InChI is InChI=1S/C17H23NO3/c1-3-13-6-9-16(19)18(11-10-13)12-14-4-7-15(8-5-14)17(20)21-2/h4-5,7-8,13H,3,6,9-12H2,1-2H3. The van der Waals surface area contributed by atoms with Crippen LogP contribution in [0.1, 0.15) is 48.5 Å². The fourth-order valence-corrected chi connectivity index (χ4v) is 2.75. The molecule has 2 rings (SSSR count). The maximum Gasteiger partial charge on any atom is 0.337 e. The summed E-state index contributed by atoms with van der Waals surface area (Å²) in [6.07, 6.45) is 3.89. The third-order valence-corrected chi connectivity index (χ3v) is 4.25. The Labute approximate surface area is 126 Å². The number of rotatable bonds is 4. The molecule has 114 valence electrons. The molecule has 1 aliphatic rings. The maximum atomic E-state index is 12.2. The van der Waals surface area contributed by atoms with Gasteiger partial charge >= 0.3 is 5.97 Å². The van der Waals surface area contributed by atoms with Crippen LogP contribution in [0.3, 0.4) is 0 Å². The summed E-state index contributed by atoms with van der Waals surface area (Å²) in [5.41, 5.74) is 1.58. The van der Waals surface area contributed by atoms with Crippen LogP contribution in [0.4, 0.5) is 0 Å². The van der Waals surface area contributed by atoms with Gasteiger partial charge in [0, 0.05) is 19.5 Å². The third-order valence-electron chi connectivity index (χ3n) is 4.25. The van der Waals surface area contributed by atoms with E-state index in [-0.39, 0.29) is 11.9 Å². The first-order chi connectivity index (χ1) is 10.1. The Morgan fingerprint density at radius 3 is 2.62 bits per heavy atom. The van der Waals surface area contributed by atoms with Crippen LogP contribution in [0.25, 0.3) is 0 Å². The quantitative estimate of drug-likeness (QED) is 0.800. The van der Waals surface area contributed by atoms with Crippen LogP contribution in [0.15, 0.2) is 24.3 Å². The minimum absolute atomic E-state index is 0.239. The van der Waals surface area contributed by atoms with E-state index in [1.807, 2.05) is 17.0 Å². The van der Waals surface area contributed by atoms with Gasteiger partial charge in [-0.2, -0.15) is 0 Å². The van der Waals surface area contributed by atoms with Crippen LogP contribution in [-0.4, -0.2) is 30.4 Å². The second-order valence-corrected chi connectivity index (χ2v) is 5.61. The van der Waals surface area contributed by atoms with Gasteiger partial charge in [0.15, 0.2) is 0 Å². The van der Waals surface area contributed by atoms with E-state index in [1.54, 1.807) is 12.1 Å². The predicted molar refractivity (Wildman–Crippen MR) is 80.8 cm³/mol. The molecule has 21 heavy (non-hydrogen) atoms. The zero-order valence-electron chi connectivity index (χ0n) is 12.8. The number of hydrogen-bond donors (Lipinski definition) is 0. The first-order valence-electron chi connectivity index (χ1n) is 7.59. The highest BCUT2D eigenvalue weighted by molar-refractivity contribution is 5.89. The molecule has 1 amide bonds. The van der Waals surface area contributed by atoms with Crippen molar-refractivity contribution in [2.45, 2.75) is 39.2 Å². The fraction of sp³-hybridized carbons (Fsp3) is 0.529. The minimum Gasteiger partial charge on any atom is -0.465 e. The number of ether oxygens (including phenoxy) is 1. The monoisotopic (exact) mass is 289 g/mol. The smallest absolute Gasteiger partial charge is 0.337 e. The van der Waals surface area contributed by atoms with Gasteiger partial charge in [-0.15, -0.1) is 0 Å². The number of benzene rings is 1. The van der Waals surface area contributed by atoms with Crippen molar-refractivity contribution in [1.82, 2.24) is 4.90 Å². The molecule has 4 heteroatoms. The van der Waals surface area contributed by atoms with Gasteiger partial charge in [0.25, 0.3) is 0 Å². The van der Waals surface area contributed by atoms with Gasteiger partial charge < -0.3 is 9.64 Å². The highest BCUT2D eigenvalue weighted by Crippen LogP contribution is 2.22. The van der Waals surface area contributed by atoms with Gasteiger partial charge in [0.05, 0.1) is 12.7 Å². The third kappa shape index (κ3) is 4.06. The molecule has 0 bridgehead atoms. The Morgan fingerprint density at radius 2 is 2.00 bits per heavy atom. The predicted octanol–water partition coefficient (Wildman–Crippen LogP) is 3.01. The van der Waals surface area contributed by atoms with Crippen molar-refractivity contribution < 1.29 is 14.3 Å². The van der Waals surface area contributed by atoms with Crippen molar-refractivity contribution >= 4 is 11.9 Å². The summed E-state index contributed by atoms with van der Waals surface area (Å²) in [7, 11) is 1.37. The highest BCUT2D eigenvalue weighted by Gasteiger charge is 2.21. The molecule has 1 aromatic carbocycles. The molecule has 1 fully saturated rings. The normalized spacial score (nSPS) is 19.2. The molecule has 1 aliphatic heterocycles. The van der Waals surface area contributed by atoms with Crippen LogP contribution in [0.2, 0.25) is 0 Å². The molecule has 0 aliphatic carbocycles. The Hall–Kier alpha value is -1.84. The molecule has 4 nitrogen and oxygen atoms in total. The second-order valence-electron chi connectivity index (χ2n) is 5.61. The molecule has 1 unspecified atom stereocenters. The van der Waals surface area contributed by atoms with Crippen molar-refractivity contribution in [2.75, 3.05) is 13.7 Å². The molecule has 0 saturated carbocycles. The number of hydrogen-bond acceptors (Lipinski definition) is 3. The van der Waals surface area contributed by atoms with Crippen LogP contribution >= 0.6 is 0 Å². The molecule has 1 aromatic rings. The van der Waals surface area contributed by atoms with Gasteiger partial charge in [-0.05, 0) is 36.5 Å². The lowest BCUT2D eigenvalue weighted by Gasteiger charge is -2.21. The van der Waals surface area contributed by atoms with Crippen LogP contribution < -0.4 is 0 Å². The molecule has 1 heterocycles. The fourth-order valence-electron chi connectivity index (χ4n) is 2.75. The minimum atomic E-state index is -0.335. The highest BCUT2D eigenvalue weighted by atomic mass is 16.5. The van der Waals surface area contributed by atoms with E-state index in [2.05, 4.69) is 11.7 Å². The number of esters is 1. The van der Waals surface area contributed by atoms with Crippen molar-refractivity contribution in [3.63, 3.8) is 0 Å². The summed E-state index contributed by atoms with van der Waals surface area (Å²) in [4.78, 5) is 25.5. The van der Waals surface area contributed by atoms with Crippen molar-refractivity contribution in [3.8, 4) is 0 Å². The van der Waals surface area contributed by atoms with Crippen LogP contribution in [0, 0.1) is 5.92 Å². The molecule has 0 radical (unpaired) electrons. The molecule has 1 atom stereocenters. The zero-order chi connectivity index (χ0) is 15.2. The van der Waals surface area contributed by atoms with E-state index in [4.69, 9.17) is 0 Å². The number of amides is 1. The SMILES string of the molecule is CCC1CCC(=O)N(Cc2ccc(C(=O)OC)cc2)CC1. The van der Waals surface area contributed by atoms with Gasteiger partial charge in [0.2, 0.25) is 5.91 Å². The van der Waals surface area contributed by atoms with E-state index in [9.17, 15) is 9.59 Å². The van der Waals surface area contributed by atoms with E-state index in [0.29, 0.717) is 24.4 Å². The first kappa shape index (κ1) is 15.5. The largest absolute Gasteiger partial charge is 0.465 e. The van der Waals surface area contributed by atoms with Gasteiger partial charge in [0.1, 0.15) is 0 Å². The number of nitrogens with zero attached hydrogens (tertiary/aromatic N) is 1. The molecular formula is C17H23NO3. The van der Waals surface area contributed by atoms with E-state index < -0.39 is 0 Å². The summed E-state index contributed by atoms with van der Waals surface area (Å²) in [6.45, 7) is 3.64. The lowest BCUT2D eigenvalue weighted by molar-refractivity contribution is -0.131. The molecule has 0 N–H and O–H groups in total. The van der Waals surface area contributed by atoms with Crippen molar-refractivity contribution in [1.29, 1.82) is 0 Å². The van der Waals surface area contributed by atoms with Crippen molar-refractivity contribution in [3.05, 3.63) is 35.4 Å². The molecule has 0 aromatic heterocycles. The summed E-state index contributed by atoms with van der Waals surface area (Å²) in [5.74, 6) is 0.571. The van der Waals surface area contributed by atoms with Gasteiger partial charge in [-0.25, -0.2) is 4.79 Å². The Kier molecular flexibility index (Phi) is 5.37. The van der Waals surface area contributed by atoms with Crippen LogP contribution in [0.5, 0.6) is 0 Å². The number of likely N-dealkylation sites (tertiary alicyclic amines) is 1. The van der Waals surface area contributed by atoms with Gasteiger partial charge in [-0.1, -0.05) is 25.5 Å². The molecule has 1 saturated heterocycles. The van der Waals surface area contributed by atoms with E-state index in [1.165, 1.54) is 7.11 Å². The zero-order valence-corrected chi connectivity index (χ0v) is 12.8. The summed E-state index contributed by atoms with van der Waals surface area (Å²) in [5, 5.41) is 0. The van der Waals surface area contributed by atoms with Crippen molar-refractivity contribution in [2.24, 2.45) is 5.92 Å². The lowest BCUT2D eigenvalue weighted by Crippen LogP contribution is -2.29. The van der Waals surface area contributed by atoms with E-state index >= 15 is 0 Å².